The van der Waals surface area contributed by atoms with Crippen LogP contribution in [0.25, 0.3) is 0 Å². The van der Waals surface area contributed by atoms with Crippen molar-refractivity contribution in [2.45, 2.75) is 89.6 Å². The van der Waals surface area contributed by atoms with E-state index in [1.807, 2.05) is 18.2 Å². The highest BCUT2D eigenvalue weighted by atomic mass is 16.6. The van der Waals surface area contributed by atoms with Gasteiger partial charge in [-0.1, -0.05) is 58.3 Å². The third-order valence-corrected chi connectivity index (χ3v) is 8.25. The van der Waals surface area contributed by atoms with Gasteiger partial charge in [0.2, 0.25) is 0 Å². The van der Waals surface area contributed by atoms with Crippen LogP contribution in [-0.4, -0.2) is 153 Å². The molecule has 1 saturated heterocycles. The Morgan fingerprint density at radius 1 is 0.682 bits per heavy atom. The van der Waals surface area contributed by atoms with E-state index in [2.05, 4.69) is 43.4 Å². The van der Waals surface area contributed by atoms with Crippen LogP contribution in [0.15, 0.2) is 38.0 Å². The number of rotatable bonds is 31. The summed E-state index contributed by atoms with van der Waals surface area (Å²) in [7, 11) is 0. The van der Waals surface area contributed by atoms with Crippen molar-refractivity contribution in [2.75, 3.05) is 98.5 Å². The molecule has 258 valence electrons. The maximum Gasteiger partial charge on any atom is 0.126 e. The van der Waals surface area contributed by atoms with Gasteiger partial charge in [0.1, 0.15) is 18.8 Å². The molecule has 1 aliphatic rings. The summed E-state index contributed by atoms with van der Waals surface area (Å²) in [6.07, 6.45) is 12.5. The van der Waals surface area contributed by atoms with Gasteiger partial charge in [0.25, 0.3) is 0 Å². The second kappa shape index (κ2) is 26.0. The summed E-state index contributed by atoms with van der Waals surface area (Å²) in [6, 6.07) is 0. The number of ether oxygens (including phenoxy) is 3. The predicted octanol–water partition coefficient (Wildman–Crippen LogP) is 3.64. The molecule has 0 aliphatic carbocycles. The summed E-state index contributed by atoms with van der Waals surface area (Å²) in [5.74, 6) is 0. The summed E-state index contributed by atoms with van der Waals surface area (Å²) in [5, 5.41) is 32.2. The Bertz CT molecular complexity index is 721. The topological polar surface area (TPSA) is 94.9 Å². The number of aliphatic hydroxyl groups excluding tert-OH is 3. The molecule has 4 atom stereocenters. The second-order valence-electron chi connectivity index (χ2n) is 12.7. The third kappa shape index (κ3) is 19.4. The lowest BCUT2D eigenvalue weighted by atomic mass is 10.2. The lowest BCUT2D eigenvalue weighted by molar-refractivity contribution is -0.914. The van der Waals surface area contributed by atoms with Gasteiger partial charge in [-0.05, 0) is 32.0 Å². The van der Waals surface area contributed by atoms with Crippen molar-refractivity contribution in [2.24, 2.45) is 0 Å². The zero-order chi connectivity index (χ0) is 32.5. The maximum absolute atomic E-state index is 10.8. The minimum absolute atomic E-state index is 0.147. The third-order valence-electron chi connectivity index (χ3n) is 8.25. The van der Waals surface area contributed by atoms with Gasteiger partial charge in [0.05, 0.1) is 64.9 Å². The first-order chi connectivity index (χ1) is 21.3. The minimum atomic E-state index is -0.663. The molecule has 4 unspecified atom stereocenters. The average Bonchev–Trinajstić information content (AvgIpc) is 3.44. The summed E-state index contributed by atoms with van der Waals surface area (Å²) in [4.78, 5) is 4.39. The van der Waals surface area contributed by atoms with E-state index in [-0.39, 0.29) is 33.0 Å². The molecule has 1 heterocycles. The lowest BCUT2D eigenvalue weighted by Gasteiger charge is -2.35. The molecular weight excluding hydrogens is 558 g/mol. The maximum atomic E-state index is 10.8. The lowest BCUT2D eigenvalue weighted by Crippen LogP contribution is -2.51. The molecule has 44 heavy (non-hydrogen) atoms. The number of aliphatic hydroxyl groups is 3. The van der Waals surface area contributed by atoms with Crippen LogP contribution in [0.3, 0.4) is 0 Å². The molecule has 0 aromatic heterocycles. The first-order valence-electron chi connectivity index (χ1n) is 17.2. The van der Waals surface area contributed by atoms with E-state index in [1.165, 1.54) is 12.8 Å². The summed E-state index contributed by atoms with van der Waals surface area (Å²) in [5.41, 5.74) is 0. The van der Waals surface area contributed by atoms with Crippen LogP contribution in [0, 0.1) is 0 Å². The van der Waals surface area contributed by atoms with Crippen LogP contribution >= 0.6 is 0 Å². The zero-order valence-corrected chi connectivity index (χ0v) is 28.3. The predicted molar refractivity (Wildman–Crippen MR) is 181 cm³/mol. The smallest absolute Gasteiger partial charge is 0.126 e. The Morgan fingerprint density at radius 3 is 1.66 bits per heavy atom. The van der Waals surface area contributed by atoms with Crippen LogP contribution < -0.4 is 0 Å². The Hall–Kier alpha value is -1.14. The van der Waals surface area contributed by atoms with Gasteiger partial charge in [-0.3, -0.25) is 9.80 Å². The molecule has 1 aliphatic heterocycles. The number of likely N-dealkylation sites (tertiary alicyclic amines) is 1. The summed E-state index contributed by atoms with van der Waals surface area (Å²) >= 11 is 0. The average molecular weight is 627 g/mol. The van der Waals surface area contributed by atoms with Crippen LogP contribution in [0.2, 0.25) is 0 Å². The van der Waals surface area contributed by atoms with E-state index in [1.54, 1.807) is 0 Å². The zero-order valence-electron chi connectivity index (χ0n) is 28.3. The van der Waals surface area contributed by atoms with Crippen molar-refractivity contribution in [3.8, 4) is 0 Å². The Morgan fingerprint density at radius 2 is 1.18 bits per heavy atom. The fourth-order valence-electron chi connectivity index (χ4n) is 6.03. The highest BCUT2D eigenvalue weighted by Crippen LogP contribution is 2.20. The standard InChI is InChI=1S/C35H68N3O6/c1-6-11-13-19-36(17-8-3)24-32(39)27-42-30-35(44-29-33(40)25-37(18-9-4)20-14-12-7-2)31-43-28-34(41)26-38(21-10-5)22-15-16-23-38/h8-10,32-35,39-41H,3-7,11-31H2,1-2H3/q+1. The summed E-state index contributed by atoms with van der Waals surface area (Å²) < 4.78 is 18.8. The Labute approximate surface area is 269 Å². The van der Waals surface area contributed by atoms with Crippen molar-refractivity contribution in [3.05, 3.63) is 38.0 Å². The molecule has 0 bridgehead atoms. The van der Waals surface area contributed by atoms with Gasteiger partial charge in [-0.15, -0.1) is 13.2 Å². The molecule has 0 saturated carbocycles. The van der Waals surface area contributed by atoms with Gasteiger partial charge >= 0.3 is 0 Å². The highest BCUT2D eigenvalue weighted by Gasteiger charge is 2.33. The van der Waals surface area contributed by atoms with Gasteiger partial charge in [0.15, 0.2) is 0 Å². The number of hydrogen-bond acceptors (Lipinski definition) is 8. The van der Waals surface area contributed by atoms with E-state index in [9.17, 15) is 15.3 Å². The van der Waals surface area contributed by atoms with Gasteiger partial charge in [-0.25, -0.2) is 0 Å². The van der Waals surface area contributed by atoms with E-state index in [0.717, 1.165) is 88.8 Å². The highest BCUT2D eigenvalue weighted by molar-refractivity contribution is 4.77. The largest absolute Gasteiger partial charge is 0.389 e. The van der Waals surface area contributed by atoms with Gasteiger partial charge in [0, 0.05) is 39.0 Å². The molecular formula is C35H68N3O6+. The van der Waals surface area contributed by atoms with Crippen molar-refractivity contribution >= 4 is 0 Å². The van der Waals surface area contributed by atoms with E-state index in [4.69, 9.17) is 14.2 Å². The van der Waals surface area contributed by atoms with Crippen LogP contribution in [0.1, 0.15) is 65.2 Å². The van der Waals surface area contributed by atoms with Crippen molar-refractivity contribution in [1.82, 2.24) is 9.80 Å². The SMILES string of the molecule is C=CCN(CCCCC)CC(O)COCC(COCC(O)C[N+]1(CC=C)CCCC1)OCC(O)CN(CC=C)CCCCC. The normalized spacial score (nSPS) is 17.5. The molecule has 0 radical (unpaired) electrons. The van der Waals surface area contributed by atoms with E-state index >= 15 is 0 Å². The van der Waals surface area contributed by atoms with Crippen LogP contribution in [0.4, 0.5) is 0 Å². The molecule has 1 rings (SSSR count). The quantitative estimate of drug-likeness (QED) is 0.0611. The van der Waals surface area contributed by atoms with Crippen molar-refractivity contribution in [1.29, 1.82) is 0 Å². The number of nitrogens with zero attached hydrogens (tertiary/aromatic N) is 3. The Kier molecular flexibility index (Phi) is 24.1. The Balaban J connectivity index is 2.65. The van der Waals surface area contributed by atoms with Gasteiger partial charge in [-0.2, -0.15) is 0 Å². The van der Waals surface area contributed by atoms with Crippen molar-refractivity contribution < 1.29 is 34.0 Å². The first-order valence-corrected chi connectivity index (χ1v) is 17.2. The second-order valence-corrected chi connectivity index (χ2v) is 12.7. The van der Waals surface area contributed by atoms with Crippen LogP contribution in [-0.2, 0) is 14.2 Å². The fourth-order valence-corrected chi connectivity index (χ4v) is 6.03. The summed E-state index contributed by atoms with van der Waals surface area (Å²) in [6.45, 7) is 24.9. The molecule has 0 aromatic rings. The molecule has 0 aromatic carbocycles. The number of unbranched alkanes of at least 4 members (excludes halogenated alkanes) is 4. The number of quaternary nitrogens is 1. The van der Waals surface area contributed by atoms with Crippen molar-refractivity contribution in [3.63, 3.8) is 0 Å². The first kappa shape index (κ1) is 40.9. The van der Waals surface area contributed by atoms with Crippen LogP contribution in [0.5, 0.6) is 0 Å². The van der Waals surface area contributed by atoms with E-state index < -0.39 is 24.4 Å². The molecule has 9 nitrogen and oxygen atoms in total. The fraction of sp³-hybridized carbons (Fsp3) is 0.829. The molecule has 1 fully saturated rings. The van der Waals surface area contributed by atoms with E-state index in [0.29, 0.717) is 19.6 Å². The molecule has 3 N–H and O–H groups in total. The number of hydrogen-bond donors (Lipinski definition) is 3. The molecule has 9 heteroatoms. The van der Waals surface area contributed by atoms with Gasteiger partial charge < -0.3 is 34.0 Å². The monoisotopic (exact) mass is 627 g/mol. The molecule has 0 amide bonds. The minimum Gasteiger partial charge on any atom is -0.389 e. The molecule has 0 spiro atoms.